The van der Waals surface area contributed by atoms with Gasteiger partial charge in [-0.05, 0) is 52.3 Å². The lowest BCUT2D eigenvalue weighted by Crippen LogP contribution is -2.41. The minimum absolute atomic E-state index is 0.0361. The lowest BCUT2D eigenvalue weighted by atomic mass is 9.75. The molecule has 1 saturated heterocycles. The van der Waals surface area contributed by atoms with Crippen molar-refractivity contribution < 1.29 is 18.4 Å². The molecule has 0 bridgehead atoms. The quantitative estimate of drug-likeness (QED) is 0.859. The molecule has 0 amide bonds. The highest BCUT2D eigenvalue weighted by molar-refractivity contribution is 6.47. The van der Waals surface area contributed by atoms with Gasteiger partial charge in [0.2, 0.25) is 0 Å². The second-order valence-corrected chi connectivity index (χ2v) is 6.80. The summed E-state index contributed by atoms with van der Waals surface area (Å²) in [4.78, 5) is 0. The van der Waals surface area contributed by atoms with Gasteiger partial charge in [0.05, 0.1) is 28.8 Å². The monoisotopic (exact) mass is 329 g/mol. The Morgan fingerprint density at radius 2 is 1.82 bits per heavy atom. The number of rotatable bonds is 4. The van der Waals surface area contributed by atoms with E-state index in [2.05, 4.69) is 0 Å². The van der Waals surface area contributed by atoms with Crippen molar-refractivity contribution in [1.82, 2.24) is 0 Å². The van der Waals surface area contributed by atoms with Gasteiger partial charge in [-0.25, -0.2) is 4.39 Å². The molecule has 122 valence electrons. The Balaban J connectivity index is 2.26. The van der Waals surface area contributed by atoms with Crippen molar-refractivity contribution in [2.24, 2.45) is 5.73 Å². The summed E-state index contributed by atoms with van der Waals surface area (Å²) in [6.45, 7) is 9.84. The van der Waals surface area contributed by atoms with Crippen molar-refractivity contribution in [3.05, 3.63) is 28.5 Å². The molecular weight excluding hydrogens is 307 g/mol. The minimum Gasteiger partial charge on any atom is -0.489 e. The first-order chi connectivity index (χ1) is 10.1. The van der Waals surface area contributed by atoms with E-state index in [0.717, 1.165) is 0 Å². The number of hydrogen-bond donors (Lipinski definition) is 1. The molecule has 4 nitrogen and oxygen atoms in total. The Kier molecular flexibility index (Phi) is 4.78. The third-order valence-corrected chi connectivity index (χ3v) is 4.54. The Morgan fingerprint density at radius 1 is 1.27 bits per heavy atom. The number of ether oxygens (including phenoxy) is 1. The second-order valence-electron chi connectivity index (χ2n) is 6.40. The van der Waals surface area contributed by atoms with Gasteiger partial charge < -0.3 is 19.8 Å². The molecule has 2 N–H and O–H groups in total. The first-order valence-electron chi connectivity index (χ1n) is 7.32. The fourth-order valence-corrected chi connectivity index (χ4v) is 2.52. The third-order valence-electron chi connectivity index (χ3n) is 4.26. The molecule has 7 heteroatoms. The molecule has 0 saturated carbocycles. The normalized spacial score (nSPS) is 21.0. The highest BCUT2D eigenvalue weighted by Crippen LogP contribution is 2.40. The van der Waals surface area contributed by atoms with Crippen molar-refractivity contribution in [1.29, 1.82) is 0 Å². The zero-order valence-electron chi connectivity index (χ0n) is 13.6. The molecule has 22 heavy (non-hydrogen) atoms. The molecule has 0 unspecified atom stereocenters. The van der Waals surface area contributed by atoms with Crippen molar-refractivity contribution in [2.75, 3.05) is 6.61 Å². The van der Waals surface area contributed by atoms with Crippen LogP contribution in [0.1, 0.15) is 46.1 Å². The molecule has 0 spiro atoms. The molecule has 0 aliphatic carbocycles. The van der Waals surface area contributed by atoms with Gasteiger partial charge in [0.15, 0.2) is 11.6 Å². The van der Waals surface area contributed by atoms with E-state index in [0.29, 0.717) is 12.2 Å². The Morgan fingerprint density at radius 3 is 2.27 bits per heavy atom. The first-order valence-corrected chi connectivity index (χ1v) is 7.70. The van der Waals surface area contributed by atoms with E-state index in [9.17, 15) is 4.39 Å². The van der Waals surface area contributed by atoms with Crippen LogP contribution in [0.25, 0.3) is 0 Å². The van der Waals surface area contributed by atoms with Crippen molar-refractivity contribution in [3.63, 3.8) is 0 Å². The molecule has 1 aromatic carbocycles. The van der Waals surface area contributed by atoms with E-state index >= 15 is 0 Å². The van der Waals surface area contributed by atoms with Gasteiger partial charge in [-0.3, -0.25) is 0 Å². The predicted molar refractivity (Wildman–Crippen MR) is 85.6 cm³/mol. The lowest BCUT2D eigenvalue weighted by molar-refractivity contribution is 0.00578. The average Bonchev–Trinajstić information content (AvgIpc) is 2.61. The van der Waals surface area contributed by atoms with Crippen molar-refractivity contribution >= 4 is 18.7 Å². The second kappa shape index (κ2) is 6.00. The summed E-state index contributed by atoms with van der Waals surface area (Å²) >= 11 is 6.07. The van der Waals surface area contributed by atoms with E-state index in [1.54, 1.807) is 13.0 Å². The SMILES string of the molecule is CCOc1c(F)cc([C@@H](N)B2OC(C)(C)C(C)(C)O2)cc1Cl. The van der Waals surface area contributed by atoms with Crippen LogP contribution >= 0.6 is 11.6 Å². The molecule has 2 rings (SSSR count). The van der Waals surface area contributed by atoms with Crippen molar-refractivity contribution in [2.45, 2.75) is 51.8 Å². The molecule has 1 heterocycles. The molecule has 0 aromatic heterocycles. The fraction of sp³-hybridized carbons (Fsp3) is 0.600. The average molecular weight is 330 g/mol. The van der Waals surface area contributed by atoms with Crippen LogP contribution in [0.2, 0.25) is 5.02 Å². The van der Waals surface area contributed by atoms with Crippen LogP contribution in [0, 0.1) is 5.82 Å². The van der Waals surface area contributed by atoms with Crippen LogP contribution < -0.4 is 10.5 Å². The third kappa shape index (κ3) is 3.11. The standard InChI is InChI=1S/C15H22BClFNO3/c1-6-20-12-10(17)7-9(8-11(12)18)13(19)16-21-14(2,3)15(4,5)22-16/h7-8,13H,6,19H2,1-5H3/t13-/m1/s1. The molecule has 1 fully saturated rings. The van der Waals surface area contributed by atoms with E-state index in [1.165, 1.54) is 6.07 Å². The molecule has 1 aliphatic heterocycles. The summed E-state index contributed by atoms with van der Waals surface area (Å²) in [6.07, 6.45) is 0. The molecular formula is C15H22BClFNO3. The zero-order chi connectivity index (χ0) is 16.7. The van der Waals surface area contributed by atoms with E-state index in [1.807, 2.05) is 27.7 Å². The van der Waals surface area contributed by atoms with Crippen LogP contribution in [0.3, 0.4) is 0 Å². The van der Waals surface area contributed by atoms with E-state index in [-0.39, 0.29) is 10.8 Å². The summed E-state index contributed by atoms with van der Waals surface area (Å²) < 4.78 is 31.1. The predicted octanol–water partition coefficient (Wildman–Crippen LogP) is 3.51. The highest BCUT2D eigenvalue weighted by atomic mass is 35.5. The Bertz CT molecular complexity index is 529. The van der Waals surface area contributed by atoms with Gasteiger partial charge in [0, 0.05) is 0 Å². The Labute approximate surface area is 136 Å². The van der Waals surface area contributed by atoms with Crippen molar-refractivity contribution in [3.8, 4) is 5.75 Å². The number of benzene rings is 1. The van der Waals surface area contributed by atoms with Crippen LogP contribution in [0.5, 0.6) is 5.75 Å². The summed E-state index contributed by atoms with van der Waals surface area (Å²) in [5, 5.41) is 0.184. The van der Waals surface area contributed by atoms with Crippen LogP contribution in [0.15, 0.2) is 12.1 Å². The van der Waals surface area contributed by atoms with Crippen LogP contribution in [-0.4, -0.2) is 24.9 Å². The summed E-state index contributed by atoms with van der Waals surface area (Å²) in [5.74, 6) is -1.16. The van der Waals surface area contributed by atoms with Gasteiger partial charge in [0.1, 0.15) is 0 Å². The van der Waals surface area contributed by atoms with Gasteiger partial charge in [0.25, 0.3) is 0 Å². The molecule has 1 atom stereocenters. The number of nitrogens with two attached hydrogens (primary N) is 1. The maximum atomic E-state index is 14.1. The summed E-state index contributed by atoms with van der Waals surface area (Å²) in [5.41, 5.74) is 5.70. The largest absolute Gasteiger partial charge is 0.489 e. The topological polar surface area (TPSA) is 53.7 Å². The summed E-state index contributed by atoms with van der Waals surface area (Å²) in [6, 6.07) is 2.90. The van der Waals surface area contributed by atoms with Gasteiger partial charge >= 0.3 is 7.12 Å². The smallest absolute Gasteiger partial charge is 0.480 e. The van der Waals surface area contributed by atoms with E-state index < -0.39 is 30.1 Å². The molecule has 1 aromatic rings. The van der Waals surface area contributed by atoms with Crippen LogP contribution in [-0.2, 0) is 9.31 Å². The number of hydrogen-bond acceptors (Lipinski definition) is 4. The van der Waals surface area contributed by atoms with Gasteiger partial charge in [-0.15, -0.1) is 0 Å². The molecule has 0 radical (unpaired) electrons. The highest BCUT2D eigenvalue weighted by Gasteiger charge is 2.53. The first kappa shape index (κ1) is 17.5. The zero-order valence-corrected chi connectivity index (χ0v) is 14.3. The Hall–Kier alpha value is -0.815. The lowest BCUT2D eigenvalue weighted by Gasteiger charge is -2.32. The maximum absolute atomic E-state index is 14.1. The minimum atomic E-state index is -0.668. The van der Waals surface area contributed by atoms with Crippen LogP contribution in [0.4, 0.5) is 4.39 Å². The summed E-state index contributed by atoms with van der Waals surface area (Å²) in [7, 11) is -0.668. The van der Waals surface area contributed by atoms with Gasteiger partial charge in [-0.1, -0.05) is 11.6 Å². The van der Waals surface area contributed by atoms with E-state index in [4.69, 9.17) is 31.4 Å². The van der Waals surface area contributed by atoms with Gasteiger partial charge in [-0.2, -0.15) is 0 Å². The fourth-order valence-electron chi connectivity index (χ4n) is 2.25. The number of halogens is 2. The maximum Gasteiger partial charge on any atom is 0.480 e. The molecule has 1 aliphatic rings.